The van der Waals surface area contributed by atoms with Gasteiger partial charge >= 0.3 is 0 Å². The van der Waals surface area contributed by atoms with E-state index in [0.717, 1.165) is 37.6 Å². The summed E-state index contributed by atoms with van der Waals surface area (Å²) >= 11 is 0. The molecule has 0 atom stereocenters. The van der Waals surface area contributed by atoms with Crippen LogP contribution >= 0.6 is 24.0 Å². The Bertz CT molecular complexity index is 553. The molecule has 0 aliphatic rings. The fourth-order valence-corrected chi connectivity index (χ4v) is 2.78. The van der Waals surface area contributed by atoms with Gasteiger partial charge in [0.2, 0.25) is 0 Å². The van der Waals surface area contributed by atoms with Gasteiger partial charge in [0.1, 0.15) is 0 Å². The van der Waals surface area contributed by atoms with Crippen LogP contribution < -0.4 is 10.6 Å². The molecule has 0 fully saturated rings. The maximum Gasteiger partial charge on any atom is 0.191 e. The molecule has 26 heavy (non-hydrogen) atoms. The van der Waals surface area contributed by atoms with Gasteiger partial charge in [0.05, 0.1) is 18.2 Å². The van der Waals surface area contributed by atoms with Gasteiger partial charge in [-0.3, -0.25) is 4.90 Å². The second-order valence-corrected chi connectivity index (χ2v) is 6.71. The van der Waals surface area contributed by atoms with Crippen LogP contribution in [-0.2, 0) is 6.54 Å². The maximum absolute atomic E-state index is 8.84. The third kappa shape index (κ3) is 9.39. The van der Waals surface area contributed by atoms with E-state index in [2.05, 4.69) is 61.2 Å². The van der Waals surface area contributed by atoms with Crippen molar-refractivity contribution in [2.45, 2.75) is 59.7 Å². The van der Waals surface area contributed by atoms with E-state index in [-0.39, 0.29) is 24.0 Å². The van der Waals surface area contributed by atoms with Crippen molar-refractivity contribution in [2.24, 2.45) is 4.99 Å². The number of rotatable bonds is 9. The Balaban J connectivity index is 0.00000625. The topological polar surface area (TPSA) is 63.5 Å². The quantitative estimate of drug-likeness (QED) is 0.249. The lowest BCUT2D eigenvalue weighted by molar-refractivity contribution is 0.173. The van der Waals surface area contributed by atoms with Crippen molar-refractivity contribution in [1.29, 1.82) is 5.26 Å². The molecule has 0 aromatic heterocycles. The number of hydrogen-bond donors (Lipinski definition) is 2. The molecule has 1 rings (SSSR count). The van der Waals surface area contributed by atoms with E-state index in [9.17, 15) is 0 Å². The van der Waals surface area contributed by atoms with Gasteiger partial charge in [-0.05, 0) is 58.7 Å². The highest BCUT2D eigenvalue weighted by Crippen LogP contribution is 2.06. The molecule has 0 heterocycles. The Morgan fingerprint density at radius 3 is 2.23 bits per heavy atom. The van der Waals surface area contributed by atoms with Crippen LogP contribution in [0.15, 0.2) is 29.3 Å². The Hall–Kier alpha value is -1.33. The molecule has 0 unspecified atom stereocenters. The van der Waals surface area contributed by atoms with E-state index in [1.165, 1.54) is 0 Å². The van der Waals surface area contributed by atoms with Gasteiger partial charge < -0.3 is 10.6 Å². The van der Waals surface area contributed by atoms with E-state index in [1.807, 2.05) is 24.3 Å². The molecular weight excluding hydrogens is 437 g/mol. The minimum absolute atomic E-state index is 0. The van der Waals surface area contributed by atoms with E-state index in [1.54, 1.807) is 0 Å². The molecular formula is C20H34IN5. The molecule has 0 bridgehead atoms. The average molecular weight is 471 g/mol. The number of nitrogens with one attached hydrogen (secondary N) is 2. The molecule has 5 nitrogen and oxygen atoms in total. The SMILES string of the molecule is CCNC(=NCc1ccc(C#N)cc1)NCCCN(C(C)C)C(C)C.I. The summed E-state index contributed by atoms with van der Waals surface area (Å²) in [5, 5.41) is 15.5. The highest BCUT2D eigenvalue weighted by atomic mass is 127. The summed E-state index contributed by atoms with van der Waals surface area (Å²) in [4.78, 5) is 7.13. The van der Waals surface area contributed by atoms with Crippen molar-refractivity contribution < 1.29 is 0 Å². The van der Waals surface area contributed by atoms with Crippen LogP contribution in [0.4, 0.5) is 0 Å². The Morgan fingerprint density at radius 1 is 1.12 bits per heavy atom. The predicted octanol–water partition coefficient (Wildman–Crippen LogP) is 3.74. The van der Waals surface area contributed by atoms with Crippen molar-refractivity contribution in [3.8, 4) is 6.07 Å². The van der Waals surface area contributed by atoms with Gasteiger partial charge in [-0.1, -0.05) is 12.1 Å². The molecule has 0 saturated heterocycles. The molecule has 2 N–H and O–H groups in total. The summed E-state index contributed by atoms with van der Waals surface area (Å²) in [6.45, 7) is 14.5. The Kier molecular flexibility index (Phi) is 13.1. The van der Waals surface area contributed by atoms with Gasteiger partial charge in [0.15, 0.2) is 5.96 Å². The van der Waals surface area contributed by atoms with Crippen molar-refractivity contribution in [1.82, 2.24) is 15.5 Å². The van der Waals surface area contributed by atoms with Crippen molar-refractivity contribution in [2.75, 3.05) is 19.6 Å². The second kappa shape index (κ2) is 13.8. The fraction of sp³-hybridized carbons (Fsp3) is 0.600. The Morgan fingerprint density at radius 2 is 1.73 bits per heavy atom. The zero-order valence-electron chi connectivity index (χ0n) is 16.7. The van der Waals surface area contributed by atoms with Crippen LogP contribution in [0.2, 0.25) is 0 Å². The summed E-state index contributed by atoms with van der Waals surface area (Å²) in [5.74, 6) is 0.840. The first kappa shape index (κ1) is 24.7. The van der Waals surface area contributed by atoms with Crippen LogP contribution in [0.3, 0.4) is 0 Å². The lowest BCUT2D eigenvalue weighted by Crippen LogP contribution is -2.41. The third-order valence-corrected chi connectivity index (χ3v) is 4.06. The van der Waals surface area contributed by atoms with Crippen molar-refractivity contribution in [3.63, 3.8) is 0 Å². The summed E-state index contributed by atoms with van der Waals surface area (Å²) in [7, 11) is 0. The minimum Gasteiger partial charge on any atom is -0.357 e. The molecule has 1 aromatic carbocycles. The first-order valence-electron chi connectivity index (χ1n) is 9.24. The summed E-state index contributed by atoms with van der Waals surface area (Å²) in [6.07, 6.45) is 1.08. The summed E-state index contributed by atoms with van der Waals surface area (Å²) in [6, 6.07) is 10.8. The van der Waals surface area contributed by atoms with Crippen LogP contribution in [0.5, 0.6) is 0 Å². The number of guanidine groups is 1. The second-order valence-electron chi connectivity index (χ2n) is 6.71. The summed E-state index contributed by atoms with van der Waals surface area (Å²) in [5.41, 5.74) is 1.78. The molecule has 0 spiro atoms. The summed E-state index contributed by atoms with van der Waals surface area (Å²) < 4.78 is 0. The highest BCUT2D eigenvalue weighted by molar-refractivity contribution is 14.0. The van der Waals surface area contributed by atoms with Crippen LogP contribution in [0.25, 0.3) is 0 Å². The van der Waals surface area contributed by atoms with Gasteiger partial charge in [0, 0.05) is 31.7 Å². The van der Waals surface area contributed by atoms with Gasteiger partial charge in [0.25, 0.3) is 0 Å². The molecule has 1 aromatic rings. The number of hydrogen-bond acceptors (Lipinski definition) is 3. The van der Waals surface area contributed by atoms with E-state index >= 15 is 0 Å². The fourth-order valence-electron chi connectivity index (χ4n) is 2.78. The van der Waals surface area contributed by atoms with E-state index in [4.69, 9.17) is 5.26 Å². The number of aliphatic imine (C=N–C) groups is 1. The third-order valence-electron chi connectivity index (χ3n) is 4.06. The lowest BCUT2D eigenvalue weighted by atomic mass is 10.1. The highest BCUT2D eigenvalue weighted by Gasteiger charge is 2.12. The number of nitrogens with zero attached hydrogens (tertiary/aromatic N) is 3. The normalized spacial score (nSPS) is 11.4. The number of nitriles is 1. The molecule has 146 valence electrons. The molecule has 6 heteroatoms. The van der Waals surface area contributed by atoms with Crippen molar-refractivity contribution >= 4 is 29.9 Å². The molecule has 0 aliphatic carbocycles. The monoisotopic (exact) mass is 471 g/mol. The molecule has 0 radical (unpaired) electrons. The maximum atomic E-state index is 8.84. The molecule has 0 saturated carbocycles. The first-order valence-corrected chi connectivity index (χ1v) is 9.24. The first-order chi connectivity index (χ1) is 12.0. The zero-order valence-corrected chi connectivity index (χ0v) is 19.1. The van der Waals surface area contributed by atoms with Crippen LogP contribution in [0, 0.1) is 11.3 Å². The van der Waals surface area contributed by atoms with E-state index in [0.29, 0.717) is 24.2 Å². The lowest BCUT2D eigenvalue weighted by Gasteiger charge is -2.30. The van der Waals surface area contributed by atoms with Gasteiger partial charge in [-0.25, -0.2) is 4.99 Å². The smallest absolute Gasteiger partial charge is 0.191 e. The van der Waals surface area contributed by atoms with E-state index < -0.39 is 0 Å². The van der Waals surface area contributed by atoms with Crippen LogP contribution in [-0.4, -0.2) is 42.6 Å². The number of benzene rings is 1. The average Bonchev–Trinajstić information content (AvgIpc) is 2.59. The van der Waals surface area contributed by atoms with Gasteiger partial charge in [-0.15, -0.1) is 24.0 Å². The minimum atomic E-state index is 0. The molecule has 0 amide bonds. The van der Waals surface area contributed by atoms with Gasteiger partial charge in [-0.2, -0.15) is 5.26 Å². The van der Waals surface area contributed by atoms with Crippen LogP contribution in [0.1, 0.15) is 52.2 Å². The largest absolute Gasteiger partial charge is 0.357 e. The standard InChI is InChI=1S/C20H33N5.HI/c1-6-22-20(23-12-7-13-25(16(2)3)17(4)5)24-15-19-10-8-18(14-21)9-11-19;/h8-11,16-17H,6-7,12-13,15H2,1-5H3,(H2,22,23,24);1H. The zero-order chi connectivity index (χ0) is 18.7. The Labute approximate surface area is 176 Å². The number of halogens is 1. The predicted molar refractivity (Wildman–Crippen MR) is 121 cm³/mol. The van der Waals surface area contributed by atoms with Crippen molar-refractivity contribution in [3.05, 3.63) is 35.4 Å². The molecule has 0 aliphatic heterocycles.